The summed E-state index contributed by atoms with van der Waals surface area (Å²) in [4.78, 5) is 4.87. The molecule has 0 atom stereocenters. The van der Waals surface area contributed by atoms with Crippen LogP contribution in [0.3, 0.4) is 0 Å². The van der Waals surface area contributed by atoms with Gasteiger partial charge in [0, 0.05) is 0 Å². The molecule has 0 heterocycles. The minimum Gasteiger partial charge on any atom is -0.279 e. The molecule has 0 aliphatic heterocycles. The normalized spacial score (nSPS) is 10.6. The fourth-order valence-electron chi connectivity index (χ4n) is 1.66. The standard InChI is InChI=1S/C13H14O2Si/c1-14-15-16(12-8-4-2-5-9-12)13-10-6-3-7-11-13/h2-11,16H,1H3. The summed E-state index contributed by atoms with van der Waals surface area (Å²) >= 11 is 0. The third-order valence-corrected chi connectivity index (χ3v) is 4.76. The fourth-order valence-corrected chi connectivity index (χ4v) is 3.60. The van der Waals surface area contributed by atoms with Gasteiger partial charge in [-0.25, -0.2) is 0 Å². The van der Waals surface area contributed by atoms with Crippen LogP contribution in [0.2, 0.25) is 0 Å². The van der Waals surface area contributed by atoms with Gasteiger partial charge in [0.05, 0.1) is 7.11 Å². The van der Waals surface area contributed by atoms with Crippen LogP contribution in [-0.2, 0) is 9.46 Å². The van der Waals surface area contributed by atoms with Gasteiger partial charge in [-0.15, -0.1) is 0 Å². The molecule has 0 unspecified atom stereocenters. The van der Waals surface area contributed by atoms with Crippen LogP contribution in [0.5, 0.6) is 0 Å². The molecule has 0 radical (unpaired) electrons. The molecule has 2 rings (SSSR count). The molecular formula is C13H14O2Si. The van der Waals surface area contributed by atoms with Crippen LogP contribution in [0.25, 0.3) is 0 Å². The zero-order valence-electron chi connectivity index (χ0n) is 9.17. The van der Waals surface area contributed by atoms with Gasteiger partial charge in [0.1, 0.15) is 0 Å². The Hall–Kier alpha value is -1.42. The first-order valence-electron chi connectivity index (χ1n) is 5.21. The third kappa shape index (κ3) is 2.58. The predicted octanol–water partition coefficient (Wildman–Crippen LogP) is 1.10. The summed E-state index contributed by atoms with van der Waals surface area (Å²) in [6, 6.07) is 20.5. The molecule has 0 aliphatic rings. The highest BCUT2D eigenvalue weighted by Gasteiger charge is 2.18. The van der Waals surface area contributed by atoms with Crippen LogP contribution in [0.4, 0.5) is 0 Å². The highest BCUT2D eigenvalue weighted by atomic mass is 28.3. The topological polar surface area (TPSA) is 18.5 Å². The molecule has 0 spiro atoms. The monoisotopic (exact) mass is 230 g/mol. The highest BCUT2D eigenvalue weighted by molar-refractivity contribution is 6.79. The van der Waals surface area contributed by atoms with Gasteiger partial charge in [-0.1, -0.05) is 60.7 Å². The van der Waals surface area contributed by atoms with E-state index in [1.54, 1.807) is 7.11 Å². The molecule has 0 N–H and O–H groups in total. The van der Waals surface area contributed by atoms with Gasteiger partial charge in [0.2, 0.25) is 0 Å². The van der Waals surface area contributed by atoms with E-state index < -0.39 is 9.04 Å². The van der Waals surface area contributed by atoms with Crippen molar-refractivity contribution in [3.63, 3.8) is 0 Å². The lowest BCUT2D eigenvalue weighted by atomic mass is 10.4. The first kappa shape index (κ1) is 11.1. The molecule has 82 valence electrons. The van der Waals surface area contributed by atoms with E-state index in [-0.39, 0.29) is 0 Å². The van der Waals surface area contributed by atoms with Crippen LogP contribution >= 0.6 is 0 Å². The van der Waals surface area contributed by atoms with Crippen molar-refractivity contribution in [1.82, 2.24) is 0 Å². The van der Waals surface area contributed by atoms with Gasteiger partial charge in [0.25, 0.3) is 9.04 Å². The quantitative estimate of drug-likeness (QED) is 0.445. The molecule has 2 aromatic carbocycles. The molecule has 2 aromatic rings. The minimum atomic E-state index is -1.67. The predicted molar refractivity (Wildman–Crippen MR) is 67.4 cm³/mol. The molecule has 0 aromatic heterocycles. The Morgan fingerprint density at radius 1 is 0.750 bits per heavy atom. The summed E-state index contributed by atoms with van der Waals surface area (Å²) in [7, 11) is -0.111. The molecule has 0 saturated carbocycles. The van der Waals surface area contributed by atoms with Gasteiger partial charge < -0.3 is 0 Å². The largest absolute Gasteiger partial charge is 0.285 e. The number of hydrogen-bond donors (Lipinski definition) is 0. The SMILES string of the molecule is COO[SiH](c1ccccc1)c1ccccc1. The summed E-state index contributed by atoms with van der Waals surface area (Å²) < 4.78 is 5.45. The van der Waals surface area contributed by atoms with Gasteiger partial charge in [-0.3, -0.25) is 9.46 Å². The minimum absolute atomic E-state index is 1.22. The first-order valence-corrected chi connectivity index (χ1v) is 6.84. The Bertz CT molecular complexity index is 377. The van der Waals surface area contributed by atoms with E-state index in [1.165, 1.54) is 10.4 Å². The molecule has 0 fully saturated rings. The van der Waals surface area contributed by atoms with Gasteiger partial charge >= 0.3 is 0 Å². The lowest BCUT2D eigenvalue weighted by molar-refractivity contribution is -0.180. The second kappa shape index (κ2) is 5.60. The van der Waals surface area contributed by atoms with Crippen LogP contribution < -0.4 is 10.4 Å². The van der Waals surface area contributed by atoms with Crippen LogP contribution in [-0.4, -0.2) is 16.2 Å². The van der Waals surface area contributed by atoms with E-state index in [0.717, 1.165) is 0 Å². The van der Waals surface area contributed by atoms with Gasteiger partial charge in [-0.05, 0) is 10.4 Å². The Morgan fingerprint density at radius 3 is 1.56 bits per heavy atom. The molecule has 0 amide bonds. The van der Waals surface area contributed by atoms with E-state index in [9.17, 15) is 0 Å². The first-order chi connectivity index (χ1) is 7.92. The zero-order valence-corrected chi connectivity index (χ0v) is 10.3. The number of rotatable bonds is 4. The number of benzene rings is 2. The molecular weight excluding hydrogens is 216 g/mol. The van der Waals surface area contributed by atoms with Crippen molar-refractivity contribution in [1.29, 1.82) is 0 Å². The molecule has 0 saturated heterocycles. The maximum atomic E-state index is 5.45. The van der Waals surface area contributed by atoms with Crippen molar-refractivity contribution in [2.24, 2.45) is 0 Å². The summed E-state index contributed by atoms with van der Waals surface area (Å²) in [5.74, 6) is 0. The summed E-state index contributed by atoms with van der Waals surface area (Å²) in [6.07, 6.45) is 0. The zero-order chi connectivity index (χ0) is 11.2. The van der Waals surface area contributed by atoms with E-state index in [0.29, 0.717) is 0 Å². The third-order valence-electron chi connectivity index (χ3n) is 2.40. The highest BCUT2D eigenvalue weighted by Crippen LogP contribution is 1.94. The second-order valence-corrected chi connectivity index (χ2v) is 5.75. The molecule has 0 aliphatic carbocycles. The van der Waals surface area contributed by atoms with Gasteiger partial charge in [-0.2, -0.15) is 0 Å². The van der Waals surface area contributed by atoms with Crippen molar-refractivity contribution in [3.8, 4) is 0 Å². The summed E-state index contributed by atoms with van der Waals surface area (Å²) in [5.41, 5.74) is 0. The van der Waals surface area contributed by atoms with Crippen molar-refractivity contribution in [2.75, 3.05) is 7.11 Å². The Labute approximate surface area is 97.1 Å². The smallest absolute Gasteiger partial charge is 0.279 e. The van der Waals surface area contributed by atoms with Crippen molar-refractivity contribution in [2.45, 2.75) is 0 Å². The fraction of sp³-hybridized carbons (Fsp3) is 0.0769. The Morgan fingerprint density at radius 2 is 1.19 bits per heavy atom. The molecule has 16 heavy (non-hydrogen) atoms. The van der Waals surface area contributed by atoms with E-state index >= 15 is 0 Å². The Balaban J connectivity index is 2.31. The average molecular weight is 230 g/mol. The Kier molecular flexibility index (Phi) is 3.88. The van der Waals surface area contributed by atoms with Crippen LogP contribution in [0, 0.1) is 0 Å². The van der Waals surface area contributed by atoms with Gasteiger partial charge in [0.15, 0.2) is 0 Å². The molecule has 3 heteroatoms. The second-order valence-electron chi connectivity index (χ2n) is 3.46. The van der Waals surface area contributed by atoms with E-state index in [4.69, 9.17) is 9.46 Å². The average Bonchev–Trinajstić information content (AvgIpc) is 2.38. The maximum absolute atomic E-state index is 5.45. The maximum Gasteiger partial charge on any atom is 0.285 e. The molecule has 0 bridgehead atoms. The van der Waals surface area contributed by atoms with Crippen molar-refractivity contribution >= 4 is 19.4 Å². The summed E-state index contributed by atoms with van der Waals surface area (Å²) in [5, 5.41) is 2.44. The van der Waals surface area contributed by atoms with E-state index in [1.807, 2.05) is 36.4 Å². The van der Waals surface area contributed by atoms with Crippen LogP contribution in [0.1, 0.15) is 0 Å². The van der Waals surface area contributed by atoms with E-state index in [2.05, 4.69) is 24.3 Å². The summed E-state index contributed by atoms with van der Waals surface area (Å²) in [6.45, 7) is 0. The van der Waals surface area contributed by atoms with Crippen molar-refractivity contribution < 1.29 is 9.46 Å². The molecule has 2 nitrogen and oxygen atoms in total. The van der Waals surface area contributed by atoms with Crippen LogP contribution in [0.15, 0.2) is 60.7 Å². The number of hydrogen-bond acceptors (Lipinski definition) is 2. The van der Waals surface area contributed by atoms with Crippen molar-refractivity contribution in [3.05, 3.63) is 60.7 Å². The lowest BCUT2D eigenvalue weighted by Gasteiger charge is -2.14. The lowest BCUT2D eigenvalue weighted by Crippen LogP contribution is -2.44.